The Kier molecular flexibility index (Phi) is 6.46. The highest BCUT2D eigenvalue weighted by Gasteiger charge is 2.38. The molecule has 7 nitrogen and oxygen atoms in total. The molecule has 0 unspecified atom stereocenters. The number of anilines is 1. The van der Waals surface area contributed by atoms with Crippen LogP contribution < -0.4 is 10.2 Å². The molecule has 0 saturated heterocycles. The highest BCUT2D eigenvalue weighted by Crippen LogP contribution is 2.33. The molecule has 3 aromatic rings. The largest absolute Gasteiger partial charge is 0.467 e. The minimum atomic E-state index is -0.952. The summed E-state index contributed by atoms with van der Waals surface area (Å²) in [5.74, 6) is -0.229. The minimum absolute atomic E-state index is 0.107. The maximum Gasteiger partial charge on any atom is 0.280 e. The van der Waals surface area contributed by atoms with Gasteiger partial charge in [-0.1, -0.05) is 35.9 Å². The highest BCUT2D eigenvalue weighted by atomic mass is 32.1. The van der Waals surface area contributed by atoms with Crippen LogP contribution in [0.15, 0.2) is 46.4 Å². The molecule has 1 saturated carbocycles. The summed E-state index contributed by atoms with van der Waals surface area (Å²) in [5.41, 5.74) is 2.80. The number of hydrogen-bond donors (Lipinski definition) is 1. The molecule has 1 N–H and O–H groups in total. The van der Waals surface area contributed by atoms with Gasteiger partial charge in [-0.05, 0) is 67.5 Å². The number of aryl methyl sites for hydroxylation is 1. The van der Waals surface area contributed by atoms with Crippen LogP contribution in [-0.4, -0.2) is 27.4 Å². The van der Waals surface area contributed by atoms with E-state index >= 15 is 0 Å². The van der Waals surface area contributed by atoms with Crippen LogP contribution in [0.2, 0.25) is 0 Å². The number of rotatable bonds is 6. The Balaban J connectivity index is 1.78. The van der Waals surface area contributed by atoms with Crippen LogP contribution in [0, 0.1) is 13.8 Å². The summed E-state index contributed by atoms with van der Waals surface area (Å²) in [6, 6.07) is 8.33. The summed E-state index contributed by atoms with van der Waals surface area (Å²) in [6.45, 7) is 3.93. The zero-order chi connectivity index (χ0) is 21.8. The van der Waals surface area contributed by atoms with Gasteiger partial charge in [0, 0.05) is 17.1 Å². The Morgan fingerprint density at radius 1 is 1.16 bits per heavy atom. The van der Waals surface area contributed by atoms with Crippen molar-refractivity contribution in [3.05, 3.63) is 64.6 Å². The molecule has 0 spiro atoms. The second-order valence-corrected chi connectivity index (χ2v) is 8.56. The lowest BCUT2D eigenvalue weighted by Gasteiger charge is -2.32. The van der Waals surface area contributed by atoms with E-state index in [1.807, 2.05) is 32.0 Å². The van der Waals surface area contributed by atoms with Gasteiger partial charge in [-0.3, -0.25) is 14.5 Å². The van der Waals surface area contributed by atoms with Crippen molar-refractivity contribution in [1.82, 2.24) is 14.9 Å². The van der Waals surface area contributed by atoms with Gasteiger partial charge in [0.2, 0.25) is 0 Å². The molecule has 31 heavy (non-hydrogen) atoms. The number of hydrogen-bond acceptors (Lipinski definition) is 6. The van der Waals surface area contributed by atoms with Crippen LogP contribution in [0.25, 0.3) is 0 Å². The number of furan rings is 1. The molecule has 4 rings (SSSR count). The first-order valence-electron chi connectivity index (χ1n) is 10.6. The highest BCUT2D eigenvalue weighted by molar-refractivity contribution is 7.03. The minimum Gasteiger partial charge on any atom is -0.467 e. The first kappa shape index (κ1) is 21.2. The fourth-order valence-electron chi connectivity index (χ4n) is 4.09. The van der Waals surface area contributed by atoms with Gasteiger partial charge in [-0.2, -0.15) is 0 Å². The number of benzene rings is 1. The van der Waals surface area contributed by atoms with Gasteiger partial charge in [-0.15, -0.1) is 5.10 Å². The maximum atomic E-state index is 13.6. The Morgan fingerprint density at radius 3 is 2.65 bits per heavy atom. The number of carbonyl (C=O) groups is 2. The molecular formula is C23H26N4O3S. The third kappa shape index (κ3) is 4.54. The molecule has 2 aromatic heterocycles. The summed E-state index contributed by atoms with van der Waals surface area (Å²) >= 11 is 1.10. The van der Waals surface area contributed by atoms with Gasteiger partial charge in [0.05, 0.1) is 6.26 Å². The van der Waals surface area contributed by atoms with Crippen molar-refractivity contribution in [2.45, 2.75) is 58.0 Å². The van der Waals surface area contributed by atoms with Crippen molar-refractivity contribution in [3.63, 3.8) is 0 Å². The van der Waals surface area contributed by atoms with Crippen LogP contribution in [0.3, 0.4) is 0 Å². The van der Waals surface area contributed by atoms with E-state index < -0.39 is 6.04 Å². The second kappa shape index (κ2) is 9.43. The number of aromatic nitrogens is 2. The number of amides is 2. The zero-order valence-electron chi connectivity index (χ0n) is 17.7. The normalized spacial score (nSPS) is 15.4. The Morgan fingerprint density at radius 2 is 1.97 bits per heavy atom. The Labute approximate surface area is 185 Å². The van der Waals surface area contributed by atoms with Gasteiger partial charge in [0.15, 0.2) is 11.7 Å². The Bertz CT molecular complexity index is 1030. The third-order valence-electron chi connectivity index (χ3n) is 5.90. The first-order valence-corrected chi connectivity index (χ1v) is 11.4. The van der Waals surface area contributed by atoms with Crippen molar-refractivity contribution >= 4 is 29.0 Å². The van der Waals surface area contributed by atoms with Crippen molar-refractivity contribution in [3.8, 4) is 0 Å². The van der Waals surface area contributed by atoms with E-state index in [-0.39, 0.29) is 23.6 Å². The molecule has 1 atom stereocenters. The summed E-state index contributed by atoms with van der Waals surface area (Å²) in [5, 5.41) is 8.73. The summed E-state index contributed by atoms with van der Waals surface area (Å²) in [6.07, 6.45) is 6.80. The summed E-state index contributed by atoms with van der Waals surface area (Å²) in [4.78, 5) is 28.7. The summed E-state index contributed by atoms with van der Waals surface area (Å²) in [7, 11) is 0. The number of nitrogens with one attached hydrogen (secondary N) is 1. The van der Waals surface area contributed by atoms with Crippen LogP contribution in [0.5, 0.6) is 0 Å². The molecule has 1 aliphatic carbocycles. The molecular weight excluding hydrogens is 412 g/mol. The fraction of sp³-hybridized carbons (Fsp3) is 0.391. The molecule has 0 bridgehead atoms. The van der Waals surface area contributed by atoms with Crippen molar-refractivity contribution < 1.29 is 14.0 Å². The van der Waals surface area contributed by atoms with E-state index in [2.05, 4.69) is 14.9 Å². The predicted molar refractivity (Wildman–Crippen MR) is 119 cm³/mol. The molecule has 0 aliphatic heterocycles. The fourth-order valence-corrected chi connectivity index (χ4v) is 4.52. The van der Waals surface area contributed by atoms with Crippen LogP contribution in [-0.2, 0) is 4.79 Å². The molecule has 1 fully saturated rings. The lowest BCUT2D eigenvalue weighted by Crippen LogP contribution is -2.47. The SMILES string of the molecule is Cc1cccc(N(C(=O)c2csnn2)[C@H](C(=O)NC2CCCCC2)c2ccco2)c1C. The van der Waals surface area contributed by atoms with Gasteiger partial charge in [0.1, 0.15) is 5.76 Å². The zero-order valence-corrected chi connectivity index (χ0v) is 18.5. The van der Waals surface area contributed by atoms with E-state index in [0.717, 1.165) is 48.3 Å². The molecule has 1 aromatic carbocycles. The predicted octanol–water partition coefficient (Wildman–Crippen LogP) is 4.58. The summed E-state index contributed by atoms with van der Waals surface area (Å²) < 4.78 is 9.50. The van der Waals surface area contributed by atoms with Crippen LogP contribution in [0.1, 0.15) is 65.5 Å². The third-order valence-corrected chi connectivity index (χ3v) is 6.41. The smallest absolute Gasteiger partial charge is 0.280 e. The second-order valence-electron chi connectivity index (χ2n) is 7.95. The maximum absolute atomic E-state index is 13.6. The first-order chi connectivity index (χ1) is 15.1. The molecule has 2 amide bonds. The molecule has 2 heterocycles. The molecule has 162 valence electrons. The van der Waals surface area contributed by atoms with E-state index in [0.29, 0.717) is 11.4 Å². The Hall–Kier alpha value is -3.00. The van der Waals surface area contributed by atoms with Gasteiger partial charge in [0.25, 0.3) is 11.8 Å². The monoisotopic (exact) mass is 438 g/mol. The van der Waals surface area contributed by atoms with E-state index in [9.17, 15) is 9.59 Å². The standard InChI is InChI=1S/C23H26N4O3S/c1-15-8-6-11-19(16(15)2)27(23(29)18-14-31-26-25-18)21(20-12-7-13-30-20)22(28)24-17-9-4-3-5-10-17/h6-8,11-14,17,21H,3-5,9-10H2,1-2H3,(H,24,28)/t21-/m0/s1. The lowest BCUT2D eigenvalue weighted by atomic mass is 9.95. The topological polar surface area (TPSA) is 88.3 Å². The van der Waals surface area contributed by atoms with E-state index in [1.54, 1.807) is 17.5 Å². The van der Waals surface area contributed by atoms with Crippen molar-refractivity contribution in [2.24, 2.45) is 0 Å². The average molecular weight is 439 g/mol. The number of nitrogens with zero attached hydrogens (tertiary/aromatic N) is 3. The van der Waals surface area contributed by atoms with Gasteiger partial charge >= 0.3 is 0 Å². The number of carbonyl (C=O) groups excluding carboxylic acids is 2. The quantitative estimate of drug-likeness (QED) is 0.608. The lowest BCUT2D eigenvalue weighted by molar-refractivity contribution is -0.123. The van der Waals surface area contributed by atoms with E-state index in [1.165, 1.54) is 17.6 Å². The van der Waals surface area contributed by atoms with Crippen LogP contribution >= 0.6 is 11.5 Å². The van der Waals surface area contributed by atoms with Crippen LogP contribution in [0.4, 0.5) is 5.69 Å². The molecule has 8 heteroatoms. The average Bonchev–Trinajstić information content (AvgIpc) is 3.49. The van der Waals surface area contributed by atoms with Crippen molar-refractivity contribution in [1.29, 1.82) is 0 Å². The molecule has 1 aliphatic rings. The van der Waals surface area contributed by atoms with Crippen molar-refractivity contribution in [2.75, 3.05) is 4.90 Å². The van der Waals surface area contributed by atoms with Gasteiger partial charge < -0.3 is 9.73 Å². The van der Waals surface area contributed by atoms with Gasteiger partial charge in [-0.25, -0.2) is 0 Å². The van der Waals surface area contributed by atoms with E-state index in [4.69, 9.17) is 4.42 Å². The molecule has 0 radical (unpaired) electrons.